The first kappa shape index (κ1) is 39.8. The summed E-state index contributed by atoms with van der Waals surface area (Å²) in [4.78, 5) is 4.22. The maximum atomic E-state index is 14.2. The maximum absolute atomic E-state index is 14.2. The molecule has 0 N–H and O–H groups in total. The van der Waals surface area contributed by atoms with Crippen LogP contribution in [0, 0.1) is 55.0 Å². The van der Waals surface area contributed by atoms with Gasteiger partial charge in [-0.3, -0.25) is 0 Å². The highest BCUT2D eigenvalue weighted by atomic mass is 19.4. The molecule has 10 rings (SSSR count). The number of rotatable bonds is 5. The summed E-state index contributed by atoms with van der Waals surface area (Å²) in [7, 11) is 0. The second-order valence-corrected chi connectivity index (χ2v) is 17.2. The van der Waals surface area contributed by atoms with Gasteiger partial charge in [0.25, 0.3) is 0 Å². The van der Waals surface area contributed by atoms with Crippen LogP contribution in [0.15, 0.2) is 140 Å². The molecule has 8 aromatic carbocycles. The van der Waals surface area contributed by atoms with Crippen molar-refractivity contribution < 1.29 is 13.2 Å². The van der Waals surface area contributed by atoms with E-state index < -0.39 is 11.7 Å². The smallest absolute Gasteiger partial charge is 0.319 e. The van der Waals surface area contributed by atoms with Crippen molar-refractivity contribution in [2.45, 2.75) is 54.6 Å². The van der Waals surface area contributed by atoms with E-state index in [0.717, 1.165) is 60.8 Å². The van der Waals surface area contributed by atoms with Crippen LogP contribution in [0.5, 0.6) is 0 Å². The van der Waals surface area contributed by atoms with Gasteiger partial charge in [0.05, 0.1) is 39.9 Å². The van der Waals surface area contributed by atoms with Crippen LogP contribution < -0.4 is 0 Å². The van der Waals surface area contributed by atoms with Gasteiger partial charge in [-0.05, 0) is 165 Å². The highest BCUT2D eigenvalue weighted by molar-refractivity contribution is 6.13. The van der Waals surface area contributed by atoms with Crippen molar-refractivity contribution in [3.05, 3.63) is 195 Å². The van der Waals surface area contributed by atoms with Gasteiger partial charge < -0.3 is 9.13 Å². The quantitative estimate of drug-likeness (QED) is 0.154. The fourth-order valence-corrected chi connectivity index (χ4v) is 10.4. The van der Waals surface area contributed by atoms with E-state index >= 15 is 0 Å². The Morgan fingerprint density at radius 2 is 0.889 bits per heavy atom. The molecule has 0 amide bonds. The van der Waals surface area contributed by atoms with Crippen LogP contribution in [0.2, 0.25) is 0 Å². The number of aryl methyl sites for hydroxylation is 7. The van der Waals surface area contributed by atoms with E-state index in [9.17, 15) is 13.2 Å². The van der Waals surface area contributed by atoms with Gasteiger partial charge in [0.15, 0.2) is 0 Å². The van der Waals surface area contributed by atoms with Crippen molar-refractivity contribution in [1.82, 2.24) is 9.13 Å². The number of para-hydroxylation sites is 2. The molecule has 0 fully saturated rings. The van der Waals surface area contributed by atoms with Crippen LogP contribution in [0.3, 0.4) is 0 Å². The standard InChI is InChI=1S/C57H44F3N3/c1-32-23-35(4)55(36(5)24-32)39-17-21-51-45(28-39)43-13-9-11-15-49(43)62(51)53-31-48(61-8)54(30-47(53)42-20-19-41(27-34(42)3)57(58,59)60)63-50-16-12-10-14-44(50)46-29-40(18-22-52(46)63)56-37(6)25-33(2)26-38(56)7/h9-31H,1-7H3. The van der Waals surface area contributed by atoms with Crippen molar-refractivity contribution in [3.63, 3.8) is 0 Å². The number of fused-ring (bicyclic) bond motifs is 6. The number of halogens is 3. The first-order valence-electron chi connectivity index (χ1n) is 21.2. The fourth-order valence-electron chi connectivity index (χ4n) is 10.4. The summed E-state index contributed by atoms with van der Waals surface area (Å²) in [6, 6.07) is 46.3. The van der Waals surface area contributed by atoms with Crippen molar-refractivity contribution >= 4 is 49.3 Å². The fraction of sp³-hybridized carbons (Fsp3) is 0.140. The summed E-state index contributed by atoms with van der Waals surface area (Å²) >= 11 is 0. The van der Waals surface area contributed by atoms with Crippen LogP contribution in [0.1, 0.15) is 44.5 Å². The number of aromatic nitrogens is 2. The van der Waals surface area contributed by atoms with E-state index in [-0.39, 0.29) is 0 Å². The second kappa shape index (κ2) is 14.6. The van der Waals surface area contributed by atoms with Crippen LogP contribution >= 0.6 is 0 Å². The summed E-state index contributed by atoms with van der Waals surface area (Å²) < 4.78 is 46.9. The summed E-state index contributed by atoms with van der Waals surface area (Å²) in [6.07, 6.45) is -4.50. The molecule has 10 aromatic rings. The molecule has 0 bridgehead atoms. The zero-order valence-electron chi connectivity index (χ0n) is 36.3. The lowest BCUT2D eigenvalue weighted by Crippen LogP contribution is -2.06. The lowest BCUT2D eigenvalue weighted by molar-refractivity contribution is -0.137. The van der Waals surface area contributed by atoms with Gasteiger partial charge in [0.2, 0.25) is 5.69 Å². The summed E-state index contributed by atoms with van der Waals surface area (Å²) in [5.41, 5.74) is 18.5. The molecule has 0 radical (unpaired) electrons. The average molecular weight is 828 g/mol. The third kappa shape index (κ3) is 6.41. The zero-order chi connectivity index (χ0) is 44.1. The second-order valence-electron chi connectivity index (χ2n) is 17.2. The molecule has 0 saturated carbocycles. The van der Waals surface area contributed by atoms with Gasteiger partial charge in [0.1, 0.15) is 0 Å². The van der Waals surface area contributed by atoms with E-state index in [2.05, 4.69) is 140 Å². The molecule has 0 aliphatic heterocycles. The highest BCUT2D eigenvalue weighted by Gasteiger charge is 2.31. The van der Waals surface area contributed by atoms with E-state index in [1.54, 1.807) is 13.0 Å². The molecule has 63 heavy (non-hydrogen) atoms. The predicted octanol–water partition coefficient (Wildman–Crippen LogP) is 16.6. The molecule has 2 heterocycles. The third-order valence-electron chi connectivity index (χ3n) is 12.8. The van der Waals surface area contributed by atoms with Gasteiger partial charge in [-0.25, -0.2) is 4.85 Å². The Morgan fingerprint density at radius 1 is 0.429 bits per heavy atom. The van der Waals surface area contributed by atoms with Crippen LogP contribution in [0.25, 0.3) is 93.2 Å². The van der Waals surface area contributed by atoms with Gasteiger partial charge in [-0.15, -0.1) is 0 Å². The Hall–Kier alpha value is -7.36. The van der Waals surface area contributed by atoms with Gasteiger partial charge in [-0.2, -0.15) is 13.2 Å². The highest BCUT2D eigenvalue weighted by Crippen LogP contribution is 2.46. The molecule has 0 saturated heterocycles. The zero-order valence-corrected chi connectivity index (χ0v) is 36.3. The molecule has 6 heteroatoms. The van der Waals surface area contributed by atoms with E-state index in [4.69, 9.17) is 6.57 Å². The Balaban J connectivity index is 1.28. The Kier molecular flexibility index (Phi) is 9.24. The van der Waals surface area contributed by atoms with Crippen molar-refractivity contribution in [1.29, 1.82) is 0 Å². The number of benzene rings is 8. The molecule has 3 nitrogen and oxygen atoms in total. The average Bonchev–Trinajstić information content (AvgIpc) is 3.74. The predicted molar refractivity (Wildman–Crippen MR) is 256 cm³/mol. The van der Waals surface area contributed by atoms with E-state index in [0.29, 0.717) is 33.8 Å². The number of hydrogen-bond donors (Lipinski definition) is 0. The first-order chi connectivity index (χ1) is 30.2. The molecule has 0 spiro atoms. The van der Waals surface area contributed by atoms with Crippen molar-refractivity contribution in [3.8, 4) is 44.8 Å². The lowest BCUT2D eigenvalue weighted by atomic mass is 9.93. The molecule has 0 aliphatic carbocycles. The van der Waals surface area contributed by atoms with E-state index in [1.807, 2.05) is 36.4 Å². The maximum Gasteiger partial charge on any atom is 0.416 e. The summed E-state index contributed by atoms with van der Waals surface area (Å²) in [6.45, 7) is 23.3. The lowest BCUT2D eigenvalue weighted by Gasteiger charge is -2.21. The Morgan fingerprint density at radius 3 is 1.35 bits per heavy atom. The summed E-state index contributed by atoms with van der Waals surface area (Å²) in [5, 5.41) is 4.18. The topological polar surface area (TPSA) is 14.2 Å². The molecular formula is C57H44F3N3. The molecule has 0 aliphatic rings. The van der Waals surface area contributed by atoms with Crippen molar-refractivity contribution in [2.24, 2.45) is 0 Å². The van der Waals surface area contributed by atoms with Gasteiger partial charge in [0, 0.05) is 32.8 Å². The Labute approximate surface area is 365 Å². The molecule has 308 valence electrons. The number of nitrogens with zero attached hydrogens (tertiary/aromatic N) is 3. The van der Waals surface area contributed by atoms with Crippen LogP contribution in [-0.4, -0.2) is 9.13 Å². The summed E-state index contributed by atoms with van der Waals surface area (Å²) in [5.74, 6) is 0. The van der Waals surface area contributed by atoms with Crippen LogP contribution in [-0.2, 0) is 6.18 Å². The molecule has 2 aromatic heterocycles. The minimum atomic E-state index is -4.50. The first-order valence-corrected chi connectivity index (χ1v) is 21.2. The number of hydrogen-bond acceptors (Lipinski definition) is 0. The largest absolute Gasteiger partial charge is 0.416 e. The van der Waals surface area contributed by atoms with Gasteiger partial charge in [-0.1, -0.05) is 90.0 Å². The van der Waals surface area contributed by atoms with Crippen molar-refractivity contribution in [2.75, 3.05) is 0 Å². The Bertz CT molecular complexity index is 3540. The minimum Gasteiger partial charge on any atom is -0.319 e. The molecule has 0 unspecified atom stereocenters. The van der Waals surface area contributed by atoms with Crippen LogP contribution in [0.4, 0.5) is 18.9 Å². The minimum absolute atomic E-state index is 0.420. The third-order valence-corrected chi connectivity index (χ3v) is 12.8. The van der Waals surface area contributed by atoms with Gasteiger partial charge >= 0.3 is 6.18 Å². The van der Waals surface area contributed by atoms with E-state index in [1.165, 1.54) is 50.6 Å². The SMILES string of the molecule is [C-]#[N+]c1cc(-n2c3ccccc3c3cc(-c4c(C)cc(C)cc4C)ccc32)c(-c2ccc(C(F)(F)F)cc2C)cc1-n1c2ccccc2c2cc(-c3c(C)cc(C)cc3C)ccc21. The monoisotopic (exact) mass is 827 g/mol. The molecular weight excluding hydrogens is 784 g/mol. The number of alkyl halides is 3. The molecule has 0 atom stereocenters. The normalized spacial score (nSPS) is 12.0.